The number of carbonyl (C=O) groups excluding carboxylic acids is 1. The van der Waals surface area contributed by atoms with E-state index in [4.69, 9.17) is 0 Å². The summed E-state index contributed by atoms with van der Waals surface area (Å²) in [6.07, 6.45) is 11.6. The second-order valence-electron chi connectivity index (χ2n) is 12.7. The van der Waals surface area contributed by atoms with Crippen molar-refractivity contribution < 1.29 is 4.79 Å². The van der Waals surface area contributed by atoms with Crippen LogP contribution in [0.4, 0.5) is 0 Å². The first-order chi connectivity index (χ1) is 18.9. The normalized spacial score (nSPS) is 18.0. The second kappa shape index (κ2) is 14.3. The summed E-state index contributed by atoms with van der Waals surface area (Å²) in [5, 5.41) is 7.66. The van der Waals surface area contributed by atoms with E-state index in [1.165, 1.54) is 54.2 Å². The van der Waals surface area contributed by atoms with Crippen LogP contribution < -0.4 is 21.2 Å². The van der Waals surface area contributed by atoms with E-state index >= 15 is 0 Å². The topological polar surface area (TPSA) is 29.1 Å². The number of benzene rings is 3. The van der Waals surface area contributed by atoms with Gasteiger partial charge in [0.1, 0.15) is 23.2 Å². The number of unbranched alkanes of at least 4 members (excludes halogenated alkanes) is 3. The van der Waals surface area contributed by atoms with Crippen molar-refractivity contribution >= 4 is 29.1 Å². The summed E-state index contributed by atoms with van der Waals surface area (Å²) in [5.41, 5.74) is 0.394. The quantitative estimate of drug-likeness (QED) is 0.183. The molecule has 0 unspecified atom stereocenters. The molecule has 0 heterocycles. The van der Waals surface area contributed by atoms with Crippen molar-refractivity contribution in [2.45, 2.75) is 78.6 Å². The Kier molecular flexibility index (Phi) is 10.8. The van der Waals surface area contributed by atoms with Crippen LogP contribution in [0.25, 0.3) is 0 Å². The molecule has 0 atom stereocenters. The molecule has 0 bridgehead atoms. The molecule has 0 aromatic heterocycles. The number of amides is 1. The van der Waals surface area contributed by atoms with E-state index in [0.717, 1.165) is 38.1 Å². The van der Waals surface area contributed by atoms with Gasteiger partial charge in [0.25, 0.3) is 0 Å². The van der Waals surface area contributed by atoms with Gasteiger partial charge < -0.3 is 5.32 Å². The van der Waals surface area contributed by atoms with Crippen LogP contribution in [-0.4, -0.2) is 18.6 Å². The minimum Gasteiger partial charge on any atom is -0.356 e. The van der Waals surface area contributed by atoms with Gasteiger partial charge in [-0.1, -0.05) is 81.8 Å². The summed E-state index contributed by atoms with van der Waals surface area (Å²) in [6.45, 7) is 7.81. The fraction of sp³-hybridized carbons (Fsp3) is 0.472. The van der Waals surface area contributed by atoms with Gasteiger partial charge in [-0.25, -0.2) is 0 Å². The molecule has 0 saturated heterocycles. The Balaban J connectivity index is 1.28. The summed E-state index contributed by atoms with van der Waals surface area (Å²) in [5.74, 6) is 1.33. The molecule has 1 saturated carbocycles. The molecule has 0 aliphatic heterocycles. The third kappa shape index (κ3) is 8.28. The molecule has 0 radical (unpaired) electrons. The van der Waals surface area contributed by atoms with Crippen molar-refractivity contribution in [2.75, 3.05) is 12.7 Å². The Morgan fingerprint density at radius 2 is 1.15 bits per heavy atom. The number of hydrogen-bond donors (Lipinski definition) is 1. The zero-order valence-corrected chi connectivity index (χ0v) is 25.3. The Hall–Kier alpha value is -2.44. The first kappa shape index (κ1) is 29.5. The number of nitrogens with one attached hydrogen (secondary N) is 1. The van der Waals surface area contributed by atoms with Gasteiger partial charge in [-0.3, -0.25) is 4.79 Å². The Bertz CT molecular complexity index is 1020. The lowest BCUT2D eigenvalue weighted by Crippen LogP contribution is -2.34. The highest BCUT2D eigenvalue weighted by Crippen LogP contribution is 2.56. The van der Waals surface area contributed by atoms with E-state index in [2.05, 4.69) is 117 Å². The van der Waals surface area contributed by atoms with Gasteiger partial charge in [0.15, 0.2) is 0 Å². The summed E-state index contributed by atoms with van der Waals surface area (Å²) in [7, 11) is -1.73. The molecule has 1 N–H and O–H groups in total. The predicted octanol–water partition coefficient (Wildman–Crippen LogP) is 7.90. The third-order valence-electron chi connectivity index (χ3n) is 8.43. The van der Waals surface area contributed by atoms with Crippen LogP contribution in [0.15, 0.2) is 91.0 Å². The number of hydrogen-bond acceptors (Lipinski definition) is 1. The van der Waals surface area contributed by atoms with Gasteiger partial charge >= 0.3 is 0 Å². The predicted molar refractivity (Wildman–Crippen MR) is 171 cm³/mol. The molecular weight excluding hydrogens is 493 g/mol. The van der Waals surface area contributed by atoms with Crippen LogP contribution in [0.3, 0.4) is 0 Å². The van der Waals surface area contributed by atoms with Gasteiger partial charge in [0.2, 0.25) is 5.91 Å². The van der Waals surface area contributed by atoms with Crippen molar-refractivity contribution in [3.63, 3.8) is 0 Å². The van der Waals surface area contributed by atoms with Crippen LogP contribution in [0.1, 0.15) is 78.6 Å². The van der Waals surface area contributed by atoms with Gasteiger partial charge in [-0.15, -0.1) is 0 Å². The first-order valence-corrected chi connectivity index (χ1v) is 17.2. The molecule has 3 aromatic carbocycles. The highest BCUT2D eigenvalue weighted by Gasteiger charge is 2.44. The van der Waals surface area contributed by atoms with Gasteiger partial charge in [0, 0.05) is 12.5 Å². The average Bonchev–Trinajstić information content (AvgIpc) is 2.95. The zero-order chi connectivity index (χ0) is 27.6. The van der Waals surface area contributed by atoms with E-state index in [0.29, 0.717) is 11.3 Å². The average molecular weight is 543 g/mol. The number of carbonyl (C=O) groups is 1. The van der Waals surface area contributed by atoms with E-state index in [-0.39, 0.29) is 5.92 Å². The monoisotopic (exact) mass is 542 g/mol. The third-order valence-corrected chi connectivity index (χ3v) is 13.0. The summed E-state index contributed by atoms with van der Waals surface area (Å²) in [6, 6.07) is 33.5. The van der Waals surface area contributed by atoms with Crippen LogP contribution in [0, 0.1) is 17.3 Å². The summed E-state index contributed by atoms with van der Waals surface area (Å²) in [4.78, 5) is 12.8. The molecule has 2 nitrogen and oxygen atoms in total. The lowest BCUT2D eigenvalue weighted by Gasteiger charge is -2.32. The molecule has 1 aliphatic carbocycles. The van der Waals surface area contributed by atoms with Crippen molar-refractivity contribution in [3.8, 4) is 0 Å². The van der Waals surface area contributed by atoms with Crippen LogP contribution in [0.5, 0.6) is 0 Å². The van der Waals surface area contributed by atoms with Gasteiger partial charge in [0.05, 0.1) is 6.16 Å². The fourth-order valence-corrected chi connectivity index (χ4v) is 11.0. The highest BCUT2D eigenvalue weighted by molar-refractivity contribution is 7.95. The van der Waals surface area contributed by atoms with E-state index in [9.17, 15) is 4.79 Å². The summed E-state index contributed by atoms with van der Waals surface area (Å²) < 4.78 is 0. The van der Waals surface area contributed by atoms with Crippen molar-refractivity contribution in [2.24, 2.45) is 17.3 Å². The fourth-order valence-electron chi connectivity index (χ4n) is 6.56. The van der Waals surface area contributed by atoms with Crippen molar-refractivity contribution in [3.05, 3.63) is 91.0 Å². The lowest BCUT2D eigenvalue weighted by atomic mass is 9.74. The van der Waals surface area contributed by atoms with Crippen LogP contribution in [0.2, 0.25) is 0 Å². The molecule has 39 heavy (non-hydrogen) atoms. The Morgan fingerprint density at radius 1 is 0.692 bits per heavy atom. The molecule has 208 valence electrons. The largest absolute Gasteiger partial charge is 0.356 e. The van der Waals surface area contributed by atoms with Crippen LogP contribution >= 0.6 is 7.26 Å². The molecule has 3 heteroatoms. The maximum absolute atomic E-state index is 12.8. The molecule has 3 aromatic rings. The second-order valence-corrected chi connectivity index (χ2v) is 16.3. The SMILES string of the molecule is CC(C)(C)CC1CCC(C(=O)NCCCCCC[P+](c2ccccc2)(c2ccccc2)c2ccccc2)CC1. The molecule has 4 rings (SSSR count). The molecule has 1 amide bonds. The zero-order valence-electron chi connectivity index (χ0n) is 24.4. The first-order valence-electron chi connectivity index (χ1n) is 15.2. The highest BCUT2D eigenvalue weighted by atomic mass is 31.2. The van der Waals surface area contributed by atoms with Gasteiger partial charge in [-0.05, 0) is 99.1 Å². The Labute approximate surface area is 238 Å². The van der Waals surface area contributed by atoms with E-state index < -0.39 is 7.26 Å². The van der Waals surface area contributed by atoms with Crippen molar-refractivity contribution in [1.82, 2.24) is 5.32 Å². The summed E-state index contributed by atoms with van der Waals surface area (Å²) >= 11 is 0. The van der Waals surface area contributed by atoms with E-state index in [1.54, 1.807) is 0 Å². The maximum Gasteiger partial charge on any atom is 0.223 e. The number of rotatable bonds is 12. The minimum absolute atomic E-state index is 0.231. The molecule has 1 fully saturated rings. The molecule has 1 aliphatic rings. The standard InChI is InChI=1S/C36H48NOP/c1-36(2,3)29-30-23-25-31(26-24-30)35(38)37-27-15-4-5-16-28-39(32-17-9-6-10-18-32,33-19-11-7-12-20-33)34-21-13-8-14-22-34/h6-14,17-22,30-31H,4-5,15-16,23-29H2,1-3H3/p+1. The molecular formula is C36H49NOP+. The van der Waals surface area contributed by atoms with Crippen molar-refractivity contribution in [1.29, 1.82) is 0 Å². The lowest BCUT2D eigenvalue weighted by molar-refractivity contribution is -0.126. The smallest absolute Gasteiger partial charge is 0.223 e. The minimum atomic E-state index is -1.73. The Morgan fingerprint density at radius 3 is 1.62 bits per heavy atom. The molecule has 0 spiro atoms. The maximum atomic E-state index is 12.8. The van der Waals surface area contributed by atoms with Crippen LogP contribution in [-0.2, 0) is 4.79 Å². The van der Waals surface area contributed by atoms with Gasteiger partial charge in [-0.2, -0.15) is 0 Å². The van der Waals surface area contributed by atoms with E-state index in [1.807, 2.05) is 0 Å².